The van der Waals surface area contributed by atoms with E-state index in [-0.39, 0.29) is 6.15 Å². The molecule has 0 spiro atoms. The van der Waals surface area contributed by atoms with Gasteiger partial charge in [0.1, 0.15) is 11.4 Å². The fourth-order valence-electron chi connectivity index (χ4n) is 1.61. The summed E-state index contributed by atoms with van der Waals surface area (Å²) in [5.74, 6) is 0. The van der Waals surface area contributed by atoms with Crippen LogP contribution in [0.15, 0.2) is 65.5 Å². The molecule has 0 amide bonds. The summed E-state index contributed by atoms with van der Waals surface area (Å²) in [5, 5.41) is 15.2. The molecule has 7 nitrogen and oxygen atoms in total. The molecule has 3 heterocycles. The fraction of sp³-hybridized carbons (Fsp3) is 0. The largest absolute Gasteiger partial charge is 0.344 e. The first-order chi connectivity index (χ1) is 9.43. The fourth-order valence-corrected chi connectivity index (χ4v) is 1.61. The second-order valence-corrected chi connectivity index (χ2v) is 3.78. The van der Waals surface area contributed by atoms with E-state index in [0.717, 1.165) is 11.3 Å². The zero-order valence-corrected chi connectivity index (χ0v) is 10.6. The monoisotopic (exact) mass is 267 g/mol. The number of azo groups is 1. The van der Waals surface area contributed by atoms with Crippen molar-refractivity contribution in [3.8, 4) is 11.3 Å². The third-order valence-electron chi connectivity index (χ3n) is 2.51. The molecule has 0 aliphatic carbocycles. The number of hydrogen-bond acceptors (Lipinski definition) is 6. The predicted octanol–water partition coefficient (Wildman–Crippen LogP) is 3.44. The van der Waals surface area contributed by atoms with Gasteiger partial charge in [0.2, 0.25) is 0 Å². The minimum absolute atomic E-state index is 0. The van der Waals surface area contributed by atoms with E-state index in [1.807, 2.05) is 24.3 Å². The molecule has 20 heavy (non-hydrogen) atoms. The summed E-state index contributed by atoms with van der Waals surface area (Å²) >= 11 is 0. The van der Waals surface area contributed by atoms with E-state index in [2.05, 4.69) is 30.4 Å². The quantitative estimate of drug-likeness (QED) is 0.707. The highest BCUT2D eigenvalue weighted by Gasteiger charge is 2.06. The minimum Gasteiger partial charge on any atom is -0.344 e. The Morgan fingerprint density at radius 1 is 0.900 bits per heavy atom. The molecular formula is C13H13N7. The van der Waals surface area contributed by atoms with Gasteiger partial charge in [-0.25, -0.2) is 0 Å². The summed E-state index contributed by atoms with van der Waals surface area (Å²) in [7, 11) is 0. The minimum atomic E-state index is 0. The summed E-state index contributed by atoms with van der Waals surface area (Å²) in [4.78, 5) is 7.96. The van der Waals surface area contributed by atoms with Crippen LogP contribution in [0.25, 0.3) is 11.3 Å². The van der Waals surface area contributed by atoms with Gasteiger partial charge in [-0.2, -0.15) is 5.10 Å². The molecule has 0 aromatic carbocycles. The van der Waals surface area contributed by atoms with Crippen molar-refractivity contribution in [2.24, 2.45) is 10.2 Å². The number of hydrogen-bond donors (Lipinski definition) is 2. The Bertz CT molecular complexity index is 676. The molecular weight excluding hydrogens is 254 g/mol. The van der Waals surface area contributed by atoms with Crippen LogP contribution in [0.1, 0.15) is 0 Å². The molecule has 0 saturated heterocycles. The molecule has 0 fully saturated rings. The van der Waals surface area contributed by atoms with Gasteiger partial charge in [0.15, 0.2) is 0 Å². The van der Waals surface area contributed by atoms with Crippen molar-refractivity contribution in [1.29, 1.82) is 0 Å². The zero-order valence-electron chi connectivity index (χ0n) is 10.6. The Kier molecular flexibility index (Phi) is 4.25. The van der Waals surface area contributed by atoms with Gasteiger partial charge in [0.25, 0.3) is 0 Å². The number of nitrogens with one attached hydrogen (secondary N) is 1. The van der Waals surface area contributed by atoms with Crippen LogP contribution >= 0.6 is 0 Å². The van der Waals surface area contributed by atoms with E-state index in [4.69, 9.17) is 0 Å². The average molecular weight is 267 g/mol. The zero-order chi connectivity index (χ0) is 12.9. The van der Waals surface area contributed by atoms with Crippen molar-refractivity contribution in [3.63, 3.8) is 0 Å². The predicted molar refractivity (Wildman–Crippen MR) is 75.3 cm³/mol. The first-order valence-electron chi connectivity index (χ1n) is 5.69. The maximum atomic E-state index is 4.18. The molecule has 3 rings (SSSR count). The number of rotatable bonds is 3. The molecule has 0 bridgehead atoms. The third-order valence-corrected chi connectivity index (χ3v) is 2.51. The molecule has 0 unspecified atom stereocenters. The van der Waals surface area contributed by atoms with Crippen LogP contribution in [-0.2, 0) is 0 Å². The average Bonchev–Trinajstić information content (AvgIpc) is 2.95. The molecule has 0 saturated carbocycles. The second kappa shape index (κ2) is 6.30. The molecule has 0 atom stereocenters. The van der Waals surface area contributed by atoms with Crippen LogP contribution in [0.2, 0.25) is 0 Å². The summed E-state index contributed by atoms with van der Waals surface area (Å²) in [6, 6.07) is 7.42. The number of nitrogens with zero attached hydrogens (tertiary/aromatic N) is 5. The SMILES string of the molecule is N.c1cncc(N=Nc2cn[nH]c2-c2ccncc2)c1. The van der Waals surface area contributed by atoms with Gasteiger partial charge < -0.3 is 6.15 Å². The molecule has 3 aromatic rings. The lowest BCUT2D eigenvalue weighted by Crippen LogP contribution is -1.78. The number of pyridine rings is 2. The van der Waals surface area contributed by atoms with Crippen LogP contribution in [0.4, 0.5) is 11.4 Å². The van der Waals surface area contributed by atoms with E-state index < -0.39 is 0 Å². The Morgan fingerprint density at radius 2 is 1.75 bits per heavy atom. The highest BCUT2D eigenvalue weighted by atomic mass is 15.2. The van der Waals surface area contributed by atoms with E-state index >= 15 is 0 Å². The van der Waals surface area contributed by atoms with Crippen molar-refractivity contribution in [3.05, 3.63) is 55.2 Å². The highest BCUT2D eigenvalue weighted by molar-refractivity contribution is 5.70. The second-order valence-electron chi connectivity index (χ2n) is 3.78. The third kappa shape index (κ3) is 2.90. The molecule has 0 aliphatic rings. The van der Waals surface area contributed by atoms with Gasteiger partial charge in [-0.15, -0.1) is 10.2 Å². The number of aromatic nitrogens is 4. The number of H-pyrrole nitrogens is 1. The van der Waals surface area contributed by atoms with Crippen molar-refractivity contribution in [2.75, 3.05) is 0 Å². The maximum Gasteiger partial charge on any atom is 0.131 e. The van der Waals surface area contributed by atoms with E-state index in [1.54, 1.807) is 31.0 Å². The van der Waals surface area contributed by atoms with Gasteiger partial charge in [-0.3, -0.25) is 15.1 Å². The molecule has 0 aliphatic heterocycles. The summed E-state index contributed by atoms with van der Waals surface area (Å²) < 4.78 is 0. The smallest absolute Gasteiger partial charge is 0.131 e. The van der Waals surface area contributed by atoms with Gasteiger partial charge in [0.05, 0.1) is 18.1 Å². The molecule has 0 radical (unpaired) electrons. The lowest BCUT2D eigenvalue weighted by Gasteiger charge is -1.97. The van der Waals surface area contributed by atoms with Crippen LogP contribution < -0.4 is 6.15 Å². The summed E-state index contributed by atoms with van der Waals surface area (Å²) in [6.07, 6.45) is 8.42. The van der Waals surface area contributed by atoms with E-state index in [0.29, 0.717) is 11.4 Å². The topological polar surface area (TPSA) is 114 Å². The van der Waals surface area contributed by atoms with Crippen molar-refractivity contribution < 1.29 is 0 Å². The first-order valence-corrected chi connectivity index (χ1v) is 5.69. The normalized spacial score (nSPS) is 10.4. The Morgan fingerprint density at radius 3 is 2.50 bits per heavy atom. The van der Waals surface area contributed by atoms with E-state index in [9.17, 15) is 0 Å². The van der Waals surface area contributed by atoms with Crippen LogP contribution in [0.3, 0.4) is 0 Å². The number of aromatic amines is 1. The lowest BCUT2D eigenvalue weighted by atomic mass is 10.2. The van der Waals surface area contributed by atoms with Gasteiger partial charge in [-0.05, 0) is 24.3 Å². The Balaban J connectivity index is 0.00000147. The maximum absolute atomic E-state index is 4.18. The van der Waals surface area contributed by atoms with Crippen LogP contribution in [0.5, 0.6) is 0 Å². The van der Waals surface area contributed by atoms with Crippen molar-refractivity contribution in [2.45, 2.75) is 0 Å². The van der Waals surface area contributed by atoms with Crippen molar-refractivity contribution >= 4 is 11.4 Å². The molecule has 3 aromatic heterocycles. The van der Waals surface area contributed by atoms with Crippen LogP contribution in [0, 0.1) is 0 Å². The summed E-state index contributed by atoms with van der Waals surface area (Å²) in [6.45, 7) is 0. The molecule has 4 N–H and O–H groups in total. The van der Waals surface area contributed by atoms with Crippen LogP contribution in [-0.4, -0.2) is 20.2 Å². The molecule has 7 heteroatoms. The first kappa shape index (κ1) is 13.5. The summed E-state index contributed by atoms with van der Waals surface area (Å²) in [5.41, 5.74) is 3.15. The molecule has 100 valence electrons. The highest BCUT2D eigenvalue weighted by Crippen LogP contribution is 2.28. The van der Waals surface area contributed by atoms with Crippen molar-refractivity contribution in [1.82, 2.24) is 26.3 Å². The standard InChI is InChI=1S/C13H10N6.H3N/c1-2-11(8-15-5-1)17-18-12-9-16-19-13(12)10-3-6-14-7-4-10;/h1-9H,(H,16,19);1H3. The Labute approximate surface area is 115 Å². The van der Waals surface area contributed by atoms with Gasteiger partial charge >= 0.3 is 0 Å². The Hall–Kier alpha value is -2.93. The lowest BCUT2D eigenvalue weighted by molar-refractivity contribution is 1.09. The van der Waals surface area contributed by atoms with E-state index in [1.165, 1.54) is 0 Å². The van der Waals surface area contributed by atoms with Gasteiger partial charge in [0, 0.05) is 24.2 Å². The van der Waals surface area contributed by atoms with Gasteiger partial charge in [-0.1, -0.05) is 0 Å².